The molecule has 30 heavy (non-hydrogen) atoms. The number of fused-ring (bicyclic) bond motifs is 1. The topological polar surface area (TPSA) is 66.7 Å². The molecule has 2 amide bonds. The minimum Gasteiger partial charge on any atom is -0.361 e. The minimum absolute atomic E-state index is 0.0364. The second-order valence-electron chi connectivity index (χ2n) is 8.45. The van der Waals surface area contributed by atoms with E-state index in [0.717, 1.165) is 43.4 Å². The van der Waals surface area contributed by atoms with Crippen LogP contribution in [-0.4, -0.2) is 35.0 Å². The summed E-state index contributed by atoms with van der Waals surface area (Å²) in [6.07, 6.45) is 5.23. The van der Waals surface area contributed by atoms with Crippen molar-refractivity contribution >= 4 is 17.5 Å². The minimum atomic E-state index is -0.0429. The molecule has 0 atom stereocenters. The second kappa shape index (κ2) is 9.92. The lowest BCUT2D eigenvalue weighted by atomic mass is 10.0. The predicted octanol–water partition coefficient (Wildman–Crippen LogP) is 5.07. The molecule has 1 aliphatic heterocycles. The van der Waals surface area contributed by atoms with Crippen molar-refractivity contribution in [1.29, 1.82) is 0 Å². The molecule has 1 aliphatic rings. The maximum atomic E-state index is 13.6. The van der Waals surface area contributed by atoms with Gasteiger partial charge in [-0.05, 0) is 37.3 Å². The zero-order valence-electron chi connectivity index (χ0n) is 18.6. The van der Waals surface area contributed by atoms with Crippen LogP contribution < -0.4 is 4.90 Å². The summed E-state index contributed by atoms with van der Waals surface area (Å²) in [4.78, 5) is 29.7. The Balaban J connectivity index is 1.99. The number of amides is 2. The fourth-order valence-corrected chi connectivity index (χ4v) is 4.12. The van der Waals surface area contributed by atoms with Crippen LogP contribution in [0.25, 0.3) is 0 Å². The number of hydrogen-bond acceptors (Lipinski definition) is 4. The lowest BCUT2D eigenvalue weighted by molar-refractivity contribution is -0.116. The second-order valence-corrected chi connectivity index (χ2v) is 8.45. The average Bonchev–Trinajstić information content (AvgIpc) is 3.09. The highest BCUT2D eigenvalue weighted by Crippen LogP contribution is 2.27. The summed E-state index contributed by atoms with van der Waals surface area (Å²) in [5, 5.41) is 4.14. The molecule has 0 saturated carbocycles. The number of anilines is 1. The number of aryl methyl sites for hydroxylation is 1. The van der Waals surface area contributed by atoms with E-state index in [1.54, 1.807) is 13.8 Å². The van der Waals surface area contributed by atoms with Crippen LogP contribution in [0.4, 0.5) is 5.69 Å². The predicted molar refractivity (Wildman–Crippen MR) is 118 cm³/mol. The Kier molecular flexibility index (Phi) is 7.29. The van der Waals surface area contributed by atoms with Gasteiger partial charge in [0.25, 0.3) is 5.91 Å². The van der Waals surface area contributed by atoms with Gasteiger partial charge in [0.2, 0.25) is 5.91 Å². The van der Waals surface area contributed by atoms with E-state index in [9.17, 15) is 9.59 Å². The largest absolute Gasteiger partial charge is 0.361 e. The smallest absolute Gasteiger partial charge is 0.259 e. The molecule has 3 rings (SSSR count). The van der Waals surface area contributed by atoms with Gasteiger partial charge in [0.15, 0.2) is 0 Å². The van der Waals surface area contributed by atoms with E-state index < -0.39 is 0 Å². The normalized spacial score (nSPS) is 16.0. The quantitative estimate of drug-likeness (QED) is 0.692. The molecule has 162 valence electrons. The van der Waals surface area contributed by atoms with Crippen LogP contribution in [0.3, 0.4) is 0 Å². The van der Waals surface area contributed by atoms with Crippen molar-refractivity contribution in [2.24, 2.45) is 0 Å². The lowest BCUT2D eigenvalue weighted by Crippen LogP contribution is -2.35. The number of hydrogen-bond donors (Lipinski definition) is 0. The van der Waals surface area contributed by atoms with E-state index >= 15 is 0 Å². The van der Waals surface area contributed by atoms with Gasteiger partial charge in [-0.1, -0.05) is 56.5 Å². The number of carbonyl (C=O) groups excluding carboxylic acids is 2. The Hall–Kier alpha value is -2.63. The van der Waals surface area contributed by atoms with Crippen LogP contribution in [0.1, 0.15) is 86.2 Å². The number of aromatic nitrogens is 1. The van der Waals surface area contributed by atoms with Crippen molar-refractivity contribution in [2.75, 3.05) is 18.0 Å². The Bertz CT molecular complexity index is 888. The molecule has 2 heterocycles. The van der Waals surface area contributed by atoms with Gasteiger partial charge >= 0.3 is 0 Å². The Morgan fingerprint density at radius 1 is 1.03 bits per heavy atom. The third-order valence-corrected chi connectivity index (χ3v) is 5.77. The first-order valence-electron chi connectivity index (χ1n) is 11.0. The van der Waals surface area contributed by atoms with E-state index in [-0.39, 0.29) is 17.7 Å². The SMILES string of the molecule is CC(=O)N1CCCCCCCN(C(=O)c2c(C(C)C)noc2C)Cc2ccccc21. The highest BCUT2D eigenvalue weighted by Gasteiger charge is 2.27. The molecular weight excluding hydrogens is 378 g/mol. The first kappa shape index (κ1) is 22.1. The monoisotopic (exact) mass is 411 g/mol. The number of nitrogens with zero attached hydrogens (tertiary/aromatic N) is 3. The van der Waals surface area contributed by atoms with Gasteiger partial charge in [-0.2, -0.15) is 0 Å². The first-order valence-corrected chi connectivity index (χ1v) is 11.0. The zero-order valence-corrected chi connectivity index (χ0v) is 18.6. The highest BCUT2D eigenvalue weighted by atomic mass is 16.5. The maximum Gasteiger partial charge on any atom is 0.259 e. The summed E-state index contributed by atoms with van der Waals surface area (Å²) in [5.74, 6) is 0.663. The molecule has 0 unspecified atom stereocenters. The third-order valence-electron chi connectivity index (χ3n) is 5.77. The molecule has 0 aliphatic carbocycles. The van der Waals surface area contributed by atoms with Crippen molar-refractivity contribution in [1.82, 2.24) is 10.1 Å². The van der Waals surface area contributed by atoms with Crippen LogP contribution in [0.2, 0.25) is 0 Å². The zero-order chi connectivity index (χ0) is 21.7. The molecule has 0 fully saturated rings. The van der Waals surface area contributed by atoms with Crippen LogP contribution in [-0.2, 0) is 11.3 Å². The van der Waals surface area contributed by atoms with Crippen molar-refractivity contribution in [2.45, 2.75) is 72.3 Å². The Morgan fingerprint density at radius 3 is 2.40 bits per heavy atom. The summed E-state index contributed by atoms with van der Waals surface area (Å²) >= 11 is 0. The van der Waals surface area contributed by atoms with Gasteiger partial charge in [0, 0.05) is 32.2 Å². The van der Waals surface area contributed by atoms with Gasteiger partial charge < -0.3 is 14.3 Å². The van der Waals surface area contributed by atoms with Gasteiger partial charge in [0.05, 0.1) is 5.69 Å². The molecular formula is C24H33N3O3. The van der Waals surface area contributed by atoms with E-state index in [4.69, 9.17) is 4.52 Å². The van der Waals surface area contributed by atoms with Crippen LogP contribution >= 0.6 is 0 Å². The molecule has 0 bridgehead atoms. The van der Waals surface area contributed by atoms with E-state index in [0.29, 0.717) is 36.7 Å². The Morgan fingerprint density at radius 2 is 1.70 bits per heavy atom. The molecule has 0 saturated heterocycles. The molecule has 6 nitrogen and oxygen atoms in total. The number of benzene rings is 1. The van der Waals surface area contributed by atoms with Crippen LogP contribution in [0.5, 0.6) is 0 Å². The summed E-state index contributed by atoms with van der Waals surface area (Å²) in [6, 6.07) is 7.92. The standard InChI is InChI=1S/C24H33N3O3/c1-17(2)23-22(18(3)30-25-23)24(29)26-14-10-6-5-7-11-15-27(19(4)28)21-13-9-8-12-20(21)16-26/h8-9,12-13,17H,5-7,10-11,14-16H2,1-4H3. The first-order chi connectivity index (χ1) is 14.4. The Labute approximate surface area is 179 Å². The fraction of sp³-hybridized carbons (Fsp3) is 0.542. The number of rotatable bonds is 2. The van der Waals surface area contributed by atoms with E-state index in [1.165, 1.54) is 0 Å². The third kappa shape index (κ3) is 4.91. The van der Waals surface area contributed by atoms with Gasteiger partial charge in [-0.25, -0.2) is 0 Å². The number of carbonyl (C=O) groups is 2. The average molecular weight is 412 g/mol. The molecule has 0 spiro atoms. The van der Waals surface area contributed by atoms with Crippen molar-refractivity contribution in [3.05, 3.63) is 46.8 Å². The van der Waals surface area contributed by atoms with Gasteiger partial charge in [-0.3, -0.25) is 9.59 Å². The van der Waals surface area contributed by atoms with Gasteiger partial charge in [-0.15, -0.1) is 0 Å². The van der Waals surface area contributed by atoms with E-state index in [2.05, 4.69) is 5.16 Å². The fourth-order valence-electron chi connectivity index (χ4n) is 4.12. The summed E-state index contributed by atoms with van der Waals surface area (Å²) in [5.41, 5.74) is 3.18. The molecule has 0 radical (unpaired) electrons. The molecule has 2 aromatic rings. The van der Waals surface area contributed by atoms with Crippen LogP contribution in [0, 0.1) is 6.92 Å². The molecule has 1 aromatic carbocycles. The lowest BCUT2D eigenvalue weighted by Gasteiger charge is -2.29. The highest BCUT2D eigenvalue weighted by molar-refractivity contribution is 5.96. The molecule has 1 aromatic heterocycles. The summed E-state index contributed by atoms with van der Waals surface area (Å²) in [6.45, 7) is 9.29. The van der Waals surface area contributed by atoms with Crippen LogP contribution in [0.15, 0.2) is 28.8 Å². The van der Waals surface area contributed by atoms with E-state index in [1.807, 2.05) is 47.9 Å². The maximum absolute atomic E-state index is 13.6. The summed E-state index contributed by atoms with van der Waals surface area (Å²) in [7, 11) is 0. The molecule has 0 N–H and O–H groups in total. The number of para-hydroxylation sites is 1. The molecule has 6 heteroatoms. The van der Waals surface area contributed by atoms with Crippen molar-refractivity contribution in [3.63, 3.8) is 0 Å². The van der Waals surface area contributed by atoms with Gasteiger partial charge in [0.1, 0.15) is 11.3 Å². The summed E-state index contributed by atoms with van der Waals surface area (Å²) < 4.78 is 5.37. The van der Waals surface area contributed by atoms with Crippen molar-refractivity contribution in [3.8, 4) is 0 Å². The van der Waals surface area contributed by atoms with Crippen molar-refractivity contribution < 1.29 is 14.1 Å².